The van der Waals surface area contributed by atoms with Crippen LogP contribution in [-0.4, -0.2) is 14.1 Å². The summed E-state index contributed by atoms with van der Waals surface area (Å²) < 4.78 is 0. The molecule has 0 aliphatic carbocycles. The standard InChI is InChI=1S/C29H38N2/c1-21-10-15-26(20-27(21)30(8)9)31(24-16-11-22(12-17-24)28(2,3)4)25-18-13-23(14-19-25)29(5,6)7/h10-20H,1-9H3. The Labute approximate surface area is 189 Å². The van der Waals surface area contributed by atoms with Crippen molar-refractivity contribution in [2.24, 2.45) is 0 Å². The molecule has 3 rings (SSSR count). The van der Waals surface area contributed by atoms with Gasteiger partial charge < -0.3 is 9.80 Å². The average Bonchev–Trinajstić information content (AvgIpc) is 2.68. The van der Waals surface area contributed by atoms with E-state index in [4.69, 9.17) is 0 Å². The fourth-order valence-electron chi connectivity index (χ4n) is 3.89. The largest absolute Gasteiger partial charge is 0.377 e. The van der Waals surface area contributed by atoms with Gasteiger partial charge in [0, 0.05) is 36.8 Å². The van der Waals surface area contributed by atoms with E-state index in [0.717, 1.165) is 0 Å². The van der Waals surface area contributed by atoms with E-state index in [1.54, 1.807) is 0 Å². The Kier molecular flexibility index (Phi) is 6.23. The molecule has 0 atom stereocenters. The monoisotopic (exact) mass is 414 g/mol. The molecule has 0 aliphatic heterocycles. The van der Waals surface area contributed by atoms with Gasteiger partial charge in [0.25, 0.3) is 0 Å². The lowest BCUT2D eigenvalue weighted by atomic mass is 9.86. The van der Waals surface area contributed by atoms with Crippen molar-refractivity contribution in [2.75, 3.05) is 23.9 Å². The fraction of sp³-hybridized carbons (Fsp3) is 0.379. The summed E-state index contributed by atoms with van der Waals surface area (Å²) in [5, 5.41) is 0. The van der Waals surface area contributed by atoms with Gasteiger partial charge in [-0.3, -0.25) is 0 Å². The Hall–Kier alpha value is -2.74. The number of aryl methyl sites for hydroxylation is 1. The highest BCUT2D eigenvalue weighted by Gasteiger charge is 2.19. The highest BCUT2D eigenvalue weighted by atomic mass is 15.1. The Morgan fingerprint density at radius 1 is 0.548 bits per heavy atom. The molecule has 0 N–H and O–H groups in total. The van der Waals surface area contributed by atoms with Crippen LogP contribution >= 0.6 is 0 Å². The third-order valence-corrected chi connectivity index (χ3v) is 5.92. The predicted molar refractivity (Wildman–Crippen MR) is 138 cm³/mol. The molecule has 3 aromatic carbocycles. The minimum atomic E-state index is 0.139. The summed E-state index contributed by atoms with van der Waals surface area (Å²) >= 11 is 0. The van der Waals surface area contributed by atoms with Gasteiger partial charge in [-0.25, -0.2) is 0 Å². The van der Waals surface area contributed by atoms with Gasteiger partial charge in [0.15, 0.2) is 0 Å². The van der Waals surface area contributed by atoms with Crippen LogP contribution in [0.5, 0.6) is 0 Å². The van der Waals surface area contributed by atoms with Gasteiger partial charge in [0.2, 0.25) is 0 Å². The third-order valence-electron chi connectivity index (χ3n) is 5.92. The van der Waals surface area contributed by atoms with Crippen LogP contribution in [-0.2, 0) is 10.8 Å². The van der Waals surface area contributed by atoms with Crippen molar-refractivity contribution in [3.05, 3.63) is 83.4 Å². The summed E-state index contributed by atoms with van der Waals surface area (Å²) in [6.07, 6.45) is 0. The summed E-state index contributed by atoms with van der Waals surface area (Å²) in [5.74, 6) is 0. The second kappa shape index (κ2) is 8.42. The van der Waals surface area contributed by atoms with Crippen LogP contribution in [0, 0.1) is 6.92 Å². The topological polar surface area (TPSA) is 6.48 Å². The number of anilines is 4. The molecule has 0 saturated carbocycles. The van der Waals surface area contributed by atoms with Gasteiger partial charge in [0.05, 0.1) is 0 Å². The van der Waals surface area contributed by atoms with Crippen LogP contribution in [0.1, 0.15) is 58.2 Å². The predicted octanol–water partition coefficient (Wildman–Crippen LogP) is 8.13. The molecule has 0 aromatic heterocycles. The summed E-state index contributed by atoms with van der Waals surface area (Å²) in [6, 6.07) is 24.7. The molecule has 0 heterocycles. The van der Waals surface area contributed by atoms with Crippen LogP contribution in [0.15, 0.2) is 66.7 Å². The Morgan fingerprint density at radius 3 is 1.29 bits per heavy atom. The second-order valence-corrected chi connectivity index (χ2v) is 10.8. The van der Waals surface area contributed by atoms with Crippen LogP contribution < -0.4 is 9.80 Å². The number of rotatable bonds is 4. The molecule has 164 valence electrons. The van der Waals surface area contributed by atoms with E-state index in [1.165, 1.54) is 39.4 Å². The molecule has 3 aromatic rings. The van der Waals surface area contributed by atoms with Crippen molar-refractivity contribution in [3.63, 3.8) is 0 Å². The maximum atomic E-state index is 2.35. The minimum absolute atomic E-state index is 0.139. The van der Waals surface area contributed by atoms with E-state index >= 15 is 0 Å². The molecule has 0 saturated heterocycles. The fourth-order valence-corrected chi connectivity index (χ4v) is 3.89. The lowest BCUT2D eigenvalue weighted by Gasteiger charge is -2.29. The highest BCUT2D eigenvalue weighted by Crippen LogP contribution is 2.38. The summed E-state index contributed by atoms with van der Waals surface area (Å²) in [5.41, 5.74) is 8.99. The lowest BCUT2D eigenvalue weighted by molar-refractivity contribution is 0.590. The van der Waals surface area contributed by atoms with Gasteiger partial charge in [-0.1, -0.05) is 71.9 Å². The highest BCUT2D eigenvalue weighted by molar-refractivity contribution is 5.79. The molecule has 0 aliphatic rings. The zero-order chi connectivity index (χ0) is 23.0. The van der Waals surface area contributed by atoms with Crippen LogP contribution in [0.4, 0.5) is 22.7 Å². The maximum absolute atomic E-state index is 2.35. The van der Waals surface area contributed by atoms with E-state index in [2.05, 4.69) is 139 Å². The summed E-state index contributed by atoms with van der Waals surface area (Å²) in [4.78, 5) is 4.54. The van der Waals surface area contributed by atoms with E-state index in [0.29, 0.717) is 0 Å². The molecule has 31 heavy (non-hydrogen) atoms. The number of hydrogen-bond donors (Lipinski definition) is 0. The SMILES string of the molecule is Cc1ccc(N(c2ccc(C(C)(C)C)cc2)c2ccc(C(C)(C)C)cc2)cc1N(C)C. The van der Waals surface area contributed by atoms with Gasteiger partial charge in [-0.2, -0.15) is 0 Å². The van der Waals surface area contributed by atoms with Crippen molar-refractivity contribution in [1.82, 2.24) is 0 Å². The van der Waals surface area contributed by atoms with Crippen LogP contribution in [0.25, 0.3) is 0 Å². The van der Waals surface area contributed by atoms with E-state index in [1.807, 2.05) is 0 Å². The second-order valence-electron chi connectivity index (χ2n) is 10.8. The lowest BCUT2D eigenvalue weighted by Crippen LogP contribution is -2.15. The van der Waals surface area contributed by atoms with Crippen LogP contribution in [0.3, 0.4) is 0 Å². The first-order chi connectivity index (χ1) is 14.4. The van der Waals surface area contributed by atoms with Crippen molar-refractivity contribution in [1.29, 1.82) is 0 Å². The van der Waals surface area contributed by atoms with Crippen molar-refractivity contribution in [3.8, 4) is 0 Å². The first kappa shape index (κ1) is 22.9. The molecule has 0 fully saturated rings. The molecule has 0 bridgehead atoms. The van der Waals surface area contributed by atoms with Gasteiger partial charge in [-0.05, 0) is 70.8 Å². The number of benzene rings is 3. The molecule has 0 unspecified atom stereocenters. The normalized spacial score (nSPS) is 12.0. The van der Waals surface area contributed by atoms with Gasteiger partial charge in [0.1, 0.15) is 0 Å². The quantitative estimate of drug-likeness (QED) is 0.425. The molecule has 2 heteroatoms. The van der Waals surface area contributed by atoms with Crippen molar-refractivity contribution >= 4 is 22.7 Å². The molecule has 0 radical (unpaired) electrons. The zero-order valence-corrected chi connectivity index (χ0v) is 20.7. The summed E-state index contributed by atoms with van der Waals surface area (Å²) in [6.45, 7) is 15.7. The third kappa shape index (κ3) is 5.12. The number of hydrogen-bond acceptors (Lipinski definition) is 2. The molecule has 2 nitrogen and oxygen atoms in total. The average molecular weight is 415 g/mol. The van der Waals surface area contributed by atoms with Gasteiger partial charge in [-0.15, -0.1) is 0 Å². The van der Waals surface area contributed by atoms with Crippen molar-refractivity contribution < 1.29 is 0 Å². The Balaban J connectivity index is 2.14. The smallest absolute Gasteiger partial charge is 0.0482 e. The first-order valence-corrected chi connectivity index (χ1v) is 11.2. The molecule has 0 amide bonds. The maximum Gasteiger partial charge on any atom is 0.0482 e. The van der Waals surface area contributed by atoms with E-state index in [9.17, 15) is 0 Å². The van der Waals surface area contributed by atoms with Crippen molar-refractivity contribution in [2.45, 2.75) is 59.3 Å². The molecular formula is C29H38N2. The Bertz CT molecular complexity index is 957. The minimum Gasteiger partial charge on any atom is -0.377 e. The Morgan fingerprint density at radius 2 is 0.935 bits per heavy atom. The van der Waals surface area contributed by atoms with Gasteiger partial charge >= 0.3 is 0 Å². The van der Waals surface area contributed by atoms with Crippen LogP contribution in [0.2, 0.25) is 0 Å². The van der Waals surface area contributed by atoms with E-state index < -0.39 is 0 Å². The molecule has 0 spiro atoms. The zero-order valence-electron chi connectivity index (χ0n) is 20.7. The number of nitrogens with zero attached hydrogens (tertiary/aromatic N) is 2. The summed E-state index contributed by atoms with van der Waals surface area (Å²) in [7, 11) is 4.21. The van der Waals surface area contributed by atoms with E-state index in [-0.39, 0.29) is 10.8 Å². The first-order valence-electron chi connectivity index (χ1n) is 11.2. The molecular weight excluding hydrogens is 376 g/mol.